The average molecular weight is 354 g/mol. The Labute approximate surface area is 140 Å². The lowest BCUT2D eigenvalue weighted by atomic mass is 10.1. The van der Waals surface area contributed by atoms with Gasteiger partial charge in [-0.15, -0.1) is 0 Å². The maximum atomic E-state index is 11.3. The van der Waals surface area contributed by atoms with Gasteiger partial charge in [-0.1, -0.05) is 41.4 Å². The minimum atomic E-state index is -0.746. The molecule has 0 bridgehead atoms. The van der Waals surface area contributed by atoms with E-state index in [4.69, 9.17) is 23.2 Å². The molecular weight excluding hydrogens is 345 g/mol. The first-order chi connectivity index (χ1) is 10.9. The van der Waals surface area contributed by atoms with Gasteiger partial charge in [0.25, 0.3) is 0 Å². The Morgan fingerprint density at radius 1 is 1.17 bits per heavy atom. The van der Waals surface area contributed by atoms with E-state index in [0.29, 0.717) is 5.56 Å². The predicted octanol–water partition coefficient (Wildman–Crippen LogP) is 3.65. The number of nitro groups is 1. The van der Waals surface area contributed by atoms with Crippen molar-refractivity contribution in [1.29, 1.82) is 0 Å². The molecule has 0 amide bonds. The number of benzene rings is 1. The highest BCUT2D eigenvalue weighted by Crippen LogP contribution is 2.29. The Balaban J connectivity index is 2.23. The minimum absolute atomic E-state index is 0.127. The van der Waals surface area contributed by atoms with Crippen molar-refractivity contribution in [3.05, 3.63) is 61.6 Å². The number of carbonyl (C=O) groups is 1. The van der Waals surface area contributed by atoms with Crippen LogP contribution in [0.15, 0.2) is 24.3 Å². The summed E-state index contributed by atoms with van der Waals surface area (Å²) in [5.41, 5.74) is 0.641. The first-order valence-electron chi connectivity index (χ1n) is 6.16. The number of esters is 1. The Bertz CT molecular complexity index is 768. The molecule has 0 aliphatic heterocycles. The van der Waals surface area contributed by atoms with Crippen molar-refractivity contribution < 1.29 is 14.5 Å². The quantitative estimate of drug-likeness (QED) is 0.360. The second-order valence-electron chi connectivity index (χ2n) is 4.22. The predicted molar refractivity (Wildman–Crippen MR) is 85.4 cm³/mol. The second kappa shape index (κ2) is 7.17. The number of hydrogen-bond donors (Lipinski definition) is 0. The Morgan fingerprint density at radius 2 is 1.74 bits per heavy atom. The van der Waals surface area contributed by atoms with Crippen LogP contribution >= 0.6 is 23.2 Å². The third kappa shape index (κ3) is 4.02. The highest BCUT2D eigenvalue weighted by molar-refractivity contribution is 6.36. The van der Waals surface area contributed by atoms with Crippen molar-refractivity contribution in [2.45, 2.75) is 0 Å². The summed E-state index contributed by atoms with van der Waals surface area (Å²) >= 11 is 11.4. The van der Waals surface area contributed by atoms with Crippen LogP contribution < -0.4 is 0 Å². The molecule has 0 saturated heterocycles. The molecule has 0 radical (unpaired) electrons. The van der Waals surface area contributed by atoms with Crippen LogP contribution in [0.1, 0.15) is 21.7 Å². The van der Waals surface area contributed by atoms with Gasteiger partial charge < -0.3 is 4.74 Å². The number of halogens is 2. The molecule has 0 saturated carbocycles. The van der Waals surface area contributed by atoms with Crippen LogP contribution in [0.5, 0.6) is 0 Å². The SMILES string of the molecule is COC(=O)c1ccc(C=Cc2nc(Cl)c([N+](=O)[O-])c(Cl)n2)cc1. The van der Waals surface area contributed by atoms with E-state index >= 15 is 0 Å². The molecule has 9 heteroatoms. The van der Waals surface area contributed by atoms with Gasteiger partial charge in [0.05, 0.1) is 17.6 Å². The summed E-state index contributed by atoms with van der Waals surface area (Å²) in [4.78, 5) is 28.9. The fraction of sp³-hybridized carbons (Fsp3) is 0.0714. The molecule has 0 spiro atoms. The van der Waals surface area contributed by atoms with Crippen molar-refractivity contribution in [3.8, 4) is 0 Å². The maximum absolute atomic E-state index is 11.3. The summed E-state index contributed by atoms with van der Waals surface area (Å²) < 4.78 is 4.60. The highest BCUT2D eigenvalue weighted by atomic mass is 35.5. The number of carbonyl (C=O) groups excluding carboxylic acids is 1. The average Bonchev–Trinajstić information content (AvgIpc) is 2.51. The zero-order valence-electron chi connectivity index (χ0n) is 11.7. The largest absolute Gasteiger partial charge is 0.465 e. The van der Waals surface area contributed by atoms with E-state index in [-0.39, 0.29) is 16.1 Å². The fourth-order valence-corrected chi connectivity index (χ4v) is 2.20. The summed E-state index contributed by atoms with van der Waals surface area (Å²) in [5.74, 6) is -0.305. The summed E-state index contributed by atoms with van der Waals surface area (Å²) in [6.07, 6.45) is 3.14. The van der Waals surface area contributed by atoms with Crippen LogP contribution in [-0.2, 0) is 4.74 Å². The Morgan fingerprint density at radius 3 is 2.22 bits per heavy atom. The molecule has 0 aliphatic rings. The fourth-order valence-electron chi connectivity index (χ4n) is 1.66. The summed E-state index contributed by atoms with van der Waals surface area (Å²) in [6, 6.07) is 6.58. The topological polar surface area (TPSA) is 95.2 Å². The van der Waals surface area contributed by atoms with Gasteiger partial charge >= 0.3 is 11.7 Å². The number of aromatic nitrogens is 2. The number of ether oxygens (including phenoxy) is 1. The van der Waals surface area contributed by atoms with Crippen LogP contribution in [0.2, 0.25) is 10.3 Å². The molecule has 23 heavy (non-hydrogen) atoms. The van der Waals surface area contributed by atoms with Crippen LogP contribution in [0.25, 0.3) is 12.2 Å². The molecule has 1 aromatic heterocycles. The third-order valence-corrected chi connectivity index (χ3v) is 3.28. The molecule has 0 N–H and O–H groups in total. The van der Waals surface area contributed by atoms with Crippen molar-refractivity contribution >= 4 is 47.0 Å². The standard InChI is InChI=1S/C14H9Cl2N3O4/c1-23-14(20)9-5-2-8(3-6-9)4-7-10-17-12(15)11(19(21)22)13(16)18-10/h2-7H,1H3. The second-order valence-corrected chi connectivity index (χ2v) is 4.93. The van der Waals surface area contributed by atoms with Gasteiger partial charge in [-0.05, 0) is 23.8 Å². The molecule has 118 valence electrons. The van der Waals surface area contributed by atoms with Gasteiger partial charge in [0.1, 0.15) is 0 Å². The van der Waals surface area contributed by atoms with Gasteiger partial charge in [-0.25, -0.2) is 14.8 Å². The van der Waals surface area contributed by atoms with Gasteiger partial charge in [0.2, 0.25) is 10.3 Å². The number of rotatable bonds is 4. The van der Waals surface area contributed by atoms with E-state index < -0.39 is 16.6 Å². The normalized spacial score (nSPS) is 10.7. The van der Waals surface area contributed by atoms with E-state index in [1.165, 1.54) is 13.2 Å². The summed E-state index contributed by atoms with van der Waals surface area (Å²) in [5, 5.41) is 10.1. The number of hydrogen-bond acceptors (Lipinski definition) is 6. The molecule has 2 aromatic rings. The van der Waals surface area contributed by atoms with E-state index in [9.17, 15) is 14.9 Å². The first-order valence-corrected chi connectivity index (χ1v) is 6.92. The molecule has 0 fully saturated rings. The minimum Gasteiger partial charge on any atom is -0.465 e. The molecule has 2 rings (SSSR count). The molecule has 1 aromatic carbocycles. The number of methoxy groups -OCH3 is 1. The van der Waals surface area contributed by atoms with Crippen molar-refractivity contribution in [1.82, 2.24) is 9.97 Å². The van der Waals surface area contributed by atoms with Gasteiger partial charge in [-0.2, -0.15) is 0 Å². The zero-order valence-corrected chi connectivity index (χ0v) is 13.2. The monoisotopic (exact) mass is 353 g/mol. The van der Waals surface area contributed by atoms with Gasteiger partial charge in [0, 0.05) is 0 Å². The van der Waals surface area contributed by atoms with Crippen molar-refractivity contribution in [3.63, 3.8) is 0 Å². The third-order valence-electron chi connectivity index (χ3n) is 2.76. The van der Waals surface area contributed by atoms with Crippen molar-refractivity contribution in [2.24, 2.45) is 0 Å². The van der Waals surface area contributed by atoms with E-state index in [2.05, 4.69) is 14.7 Å². The van der Waals surface area contributed by atoms with Crippen LogP contribution in [-0.4, -0.2) is 28.0 Å². The maximum Gasteiger partial charge on any atom is 0.343 e. The summed E-state index contributed by atoms with van der Waals surface area (Å²) in [7, 11) is 1.30. The lowest BCUT2D eigenvalue weighted by Crippen LogP contribution is -2.00. The molecule has 1 heterocycles. The smallest absolute Gasteiger partial charge is 0.343 e. The summed E-state index contributed by atoms with van der Waals surface area (Å²) in [6.45, 7) is 0. The van der Waals surface area contributed by atoms with Gasteiger partial charge in [0.15, 0.2) is 5.82 Å². The van der Waals surface area contributed by atoms with E-state index in [0.717, 1.165) is 5.56 Å². The molecule has 0 atom stereocenters. The zero-order chi connectivity index (χ0) is 17.0. The molecule has 7 nitrogen and oxygen atoms in total. The molecular formula is C14H9Cl2N3O4. The van der Waals surface area contributed by atoms with Crippen LogP contribution in [0, 0.1) is 10.1 Å². The molecule has 0 aliphatic carbocycles. The first kappa shape index (κ1) is 16.9. The van der Waals surface area contributed by atoms with Crippen LogP contribution in [0.3, 0.4) is 0 Å². The highest BCUT2D eigenvalue weighted by Gasteiger charge is 2.21. The Kier molecular flexibility index (Phi) is 5.25. The number of nitrogens with zero attached hydrogens (tertiary/aromatic N) is 3. The lowest BCUT2D eigenvalue weighted by Gasteiger charge is -2.00. The van der Waals surface area contributed by atoms with Crippen LogP contribution in [0.4, 0.5) is 5.69 Å². The lowest BCUT2D eigenvalue weighted by molar-refractivity contribution is -0.385. The van der Waals surface area contributed by atoms with E-state index in [1.807, 2.05) is 0 Å². The van der Waals surface area contributed by atoms with E-state index in [1.54, 1.807) is 30.3 Å². The Hall–Kier alpha value is -2.51. The van der Waals surface area contributed by atoms with Crippen molar-refractivity contribution in [2.75, 3.05) is 7.11 Å². The molecule has 0 unspecified atom stereocenters. The van der Waals surface area contributed by atoms with Gasteiger partial charge in [-0.3, -0.25) is 10.1 Å².